The van der Waals surface area contributed by atoms with Gasteiger partial charge < -0.3 is 4.18 Å². The second kappa shape index (κ2) is 4.57. The topological polar surface area (TPSA) is 55.4 Å². The molecule has 0 bridgehead atoms. The second-order valence-electron chi connectivity index (χ2n) is 4.64. The van der Waals surface area contributed by atoms with Gasteiger partial charge in [0.1, 0.15) is 5.82 Å². The minimum absolute atomic E-state index is 0.138. The van der Waals surface area contributed by atoms with Gasteiger partial charge in [0.05, 0.1) is 0 Å². The van der Waals surface area contributed by atoms with E-state index in [0.29, 0.717) is 16.7 Å². The summed E-state index contributed by atoms with van der Waals surface area (Å²) in [7, 11) is -3.82. The van der Waals surface area contributed by atoms with Crippen LogP contribution in [-0.4, -0.2) is 8.42 Å². The van der Waals surface area contributed by atoms with Gasteiger partial charge in [0.15, 0.2) is 5.75 Å². The van der Waals surface area contributed by atoms with Crippen LogP contribution >= 0.6 is 0 Å². The summed E-state index contributed by atoms with van der Waals surface area (Å²) in [6, 6.07) is 9.94. The molecule has 1 heterocycles. The minimum atomic E-state index is -3.82. The quantitative estimate of drug-likeness (QED) is 0.879. The molecule has 1 aliphatic heterocycles. The first kappa shape index (κ1) is 13.1. The number of fused-ring (bicyclic) bond motifs is 1. The number of benzene rings is 2. The lowest BCUT2D eigenvalue weighted by Gasteiger charge is -2.20. The molecule has 0 radical (unpaired) electrons. The van der Waals surface area contributed by atoms with Crippen molar-refractivity contribution in [2.24, 2.45) is 0 Å². The standard InChI is InChI=1S/C14H12FNO3S/c1-9-5-6-11(13(15)7-9)12-4-2-3-10-8-16-20(17,18)19-14(10)12/h2-7,16H,8H2,1H3. The van der Waals surface area contributed by atoms with Gasteiger partial charge in [0.25, 0.3) is 0 Å². The van der Waals surface area contributed by atoms with E-state index in [2.05, 4.69) is 4.72 Å². The average molecular weight is 293 g/mol. The zero-order valence-corrected chi connectivity index (χ0v) is 11.5. The zero-order chi connectivity index (χ0) is 14.3. The molecule has 0 aliphatic carbocycles. The van der Waals surface area contributed by atoms with Gasteiger partial charge >= 0.3 is 10.3 Å². The Hall–Kier alpha value is -1.92. The lowest BCUT2D eigenvalue weighted by atomic mass is 10.00. The van der Waals surface area contributed by atoms with Crippen molar-refractivity contribution in [2.75, 3.05) is 0 Å². The van der Waals surface area contributed by atoms with Crippen LogP contribution in [-0.2, 0) is 16.8 Å². The summed E-state index contributed by atoms with van der Waals surface area (Å²) in [5.41, 5.74) is 2.23. The molecule has 104 valence electrons. The fraction of sp³-hybridized carbons (Fsp3) is 0.143. The number of halogens is 1. The first-order valence-corrected chi connectivity index (χ1v) is 7.44. The molecule has 4 nitrogen and oxygen atoms in total. The maximum absolute atomic E-state index is 14.1. The van der Waals surface area contributed by atoms with E-state index in [1.807, 2.05) is 0 Å². The highest BCUT2D eigenvalue weighted by Crippen LogP contribution is 2.37. The predicted molar refractivity (Wildman–Crippen MR) is 73.0 cm³/mol. The van der Waals surface area contributed by atoms with Gasteiger partial charge in [-0.25, -0.2) is 4.39 Å². The van der Waals surface area contributed by atoms with Crippen LogP contribution in [0, 0.1) is 12.7 Å². The smallest absolute Gasteiger partial charge is 0.370 e. The summed E-state index contributed by atoms with van der Waals surface area (Å²) in [5.74, 6) is -0.216. The third-order valence-electron chi connectivity index (χ3n) is 3.14. The van der Waals surface area contributed by atoms with Gasteiger partial charge in [0.2, 0.25) is 0 Å². The highest BCUT2D eigenvalue weighted by atomic mass is 32.2. The van der Waals surface area contributed by atoms with Crippen molar-refractivity contribution in [3.05, 3.63) is 53.3 Å². The van der Waals surface area contributed by atoms with Crippen LogP contribution in [0.3, 0.4) is 0 Å². The molecule has 0 saturated carbocycles. The molecule has 0 fully saturated rings. The van der Waals surface area contributed by atoms with Gasteiger partial charge in [0, 0.05) is 23.2 Å². The predicted octanol–water partition coefficient (Wildman–Crippen LogP) is 2.53. The fourth-order valence-electron chi connectivity index (χ4n) is 2.18. The van der Waals surface area contributed by atoms with E-state index in [0.717, 1.165) is 5.56 Å². The Bertz CT molecular complexity index is 787. The summed E-state index contributed by atoms with van der Waals surface area (Å²) >= 11 is 0. The molecular formula is C14H12FNO3S. The number of hydrogen-bond donors (Lipinski definition) is 1. The van der Waals surface area contributed by atoms with Crippen molar-refractivity contribution in [1.29, 1.82) is 0 Å². The molecule has 1 aliphatic rings. The summed E-state index contributed by atoms with van der Waals surface area (Å²) in [6.07, 6.45) is 0. The Labute approximate surface area is 116 Å². The summed E-state index contributed by atoms with van der Waals surface area (Å²) in [5, 5.41) is 0. The maximum atomic E-state index is 14.1. The van der Waals surface area contributed by atoms with Crippen molar-refractivity contribution >= 4 is 10.3 Å². The van der Waals surface area contributed by atoms with Gasteiger partial charge in [-0.2, -0.15) is 13.1 Å². The minimum Gasteiger partial charge on any atom is -0.370 e. The Balaban J connectivity index is 2.21. The van der Waals surface area contributed by atoms with Gasteiger partial charge in [-0.05, 0) is 18.6 Å². The fourth-order valence-corrected chi connectivity index (χ4v) is 2.99. The summed E-state index contributed by atoms with van der Waals surface area (Å²) in [4.78, 5) is 0. The maximum Gasteiger partial charge on any atom is 0.382 e. The number of nitrogens with one attached hydrogen (secondary N) is 1. The summed E-state index contributed by atoms with van der Waals surface area (Å²) in [6.45, 7) is 1.93. The molecule has 0 unspecified atom stereocenters. The Morgan fingerprint density at radius 2 is 2.00 bits per heavy atom. The van der Waals surface area contributed by atoms with Crippen molar-refractivity contribution < 1.29 is 17.0 Å². The van der Waals surface area contributed by atoms with E-state index in [4.69, 9.17) is 4.18 Å². The molecule has 2 aromatic rings. The van der Waals surface area contributed by atoms with Crippen LogP contribution in [0.15, 0.2) is 36.4 Å². The zero-order valence-electron chi connectivity index (χ0n) is 10.7. The monoisotopic (exact) mass is 293 g/mol. The highest BCUT2D eigenvalue weighted by molar-refractivity contribution is 7.85. The largest absolute Gasteiger partial charge is 0.382 e. The lowest BCUT2D eigenvalue weighted by molar-refractivity contribution is 0.454. The molecule has 0 saturated heterocycles. The molecule has 2 aromatic carbocycles. The summed E-state index contributed by atoms with van der Waals surface area (Å²) < 4.78 is 44.4. The van der Waals surface area contributed by atoms with Crippen molar-refractivity contribution in [3.63, 3.8) is 0 Å². The van der Waals surface area contributed by atoms with Crippen LogP contribution < -0.4 is 8.91 Å². The Morgan fingerprint density at radius 3 is 2.75 bits per heavy atom. The molecular weight excluding hydrogens is 281 g/mol. The molecule has 0 amide bonds. The number of para-hydroxylation sites is 1. The van der Waals surface area contributed by atoms with Crippen LogP contribution in [0.2, 0.25) is 0 Å². The van der Waals surface area contributed by atoms with Crippen LogP contribution in [0.4, 0.5) is 4.39 Å². The van der Waals surface area contributed by atoms with Crippen molar-refractivity contribution in [3.8, 4) is 16.9 Å². The molecule has 3 rings (SSSR count). The Kier molecular flexibility index (Phi) is 2.99. The van der Waals surface area contributed by atoms with Gasteiger partial charge in [-0.1, -0.05) is 30.3 Å². The van der Waals surface area contributed by atoms with E-state index in [9.17, 15) is 12.8 Å². The number of rotatable bonds is 1. The van der Waals surface area contributed by atoms with Crippen molar-refractivity contribution in [2.45, 2.75) is 13.5 Å². The van der Waals surface area contributed by atoms with E-state index in [-0.39, 0.29) is 12.3 Å². The van der Waals surface area contributed by atoms with Crippen LogP contribution in [0.25, 0.3) is 11.1 Å². The van der Waals surface area contributed by atoms with E-state index < -0.39 is 16.1 Å². The molecule has 0 spiro atoms. The third-order valence-corrected chi connectivity index (χ3v) is 4.03. The molecule has 20 heavy (non-hydrogen) atoms. The highest BCUT2D eigenvalue weighted by Gasteiger charge is 2.25. The number of aryl methyl sites for hydroxylation is 1. The second-order valence-corrected chi connectivity index (χ2v) is 6.00. The van der Waals surface area contributed by atoms with Crippen LogP contribution in [0.1, 0.15) is 11.1 Å². The first-order chi connectivity index (χ1) is 9.46. The van der Waals surface area contributed by atoms with E-state index in [1.54, 1.807) is 37.3 Å². The third kappa shape index (κ3) is 2.28. The SMILES string of the molecule is Cc1ccc(-c2cccc3c2OS(=O)(=O)NC3)c(F)c1. The lowest BCUT2D eigenvalue weighted by Crippen LogP contribution is -2.32. The van der Waals surface area contributed by atoms with E-state index in [1.165, 1.54) is 6.07 Å². The van der Waals surface area contributed by atoms with Gasteiger partial charge in [-0.3, -0.25) is 0 Å². The number of hydrogen-bond acceptors (Lipinski definition) is 3. The van der Waals surface area contributed by atoms with Gasteiger partial charge in [-0.15, -0.1) is 0 Å². The van der Waals surface area contributed by atoms with Crippen LogP contribution in [0.5, 0.6) is 5.75 Å². The molecule has 0 aromatic heterocycles. The Morgan fingerprint density at radius 1 is 1.20 bits per heavy atom. The first-order valence-electron chi connectivity index (χ1n) is 6.04. The van der Waals surface area contributed by atoms with Crippen molar-refractivity contribution in [1.82, 2.24) is 4.72 Å². The molecule has 1 N–H and O–H groups in total. The molecule has 6 heteroatoms. The molecule has 0 atom stereocenters. The van der Waals surface area contributed by atoms with E-state index >= 15 is 0 Å². The average Bonchev–Trinajstić information content (AvgIpc) is 2.38. The normalized spacial score (nSPS) is 16.3.